The molecule has 1 aliphatic rings. The Labute approximate surface area is 207 Å². The number of hydrogen-bond acceptors (Lipinski definition) is 5. The third kappa shape index (κ3) is 6.46. The van der Waals surface area contributed by atoms with Gasteiger partial charge in [-0.1, -0.05) is 17.8 Å². The fraction of sp³-hybridized carbons (Fsp3) is 0.360. The second kappa shape index (κ2) is 11.5. The van der Waals surface area contributed by atoms with Gasteiger partial charge in [0.2, 0.25) is 0 Å². The van der Waals surface area contributed by atoms with E-state index in [1.165, 1.54) is 18.6 Å². The van der Waals surface area contributed by atoms with Gasteiger partial charge in [-0.3, -0.25) is 4.72 Å². The number of anilines is 2. The monoisotopic (exact) mass is 502 g/mol. The maximum atomic E-state index is 14.0. The van der Waals surface area contributed by atoms with Crippen LogP contribution in [0.3, 0.4) is 0 Å². The van der Waals surface area contributed by atoms with Gasteiger partial charge >= 0.3 is 5.97 Å². The van der Waals surface area contributed by atoms with Gasteiger partial charge in [-0.25, -0.2) is 17.7 Å². The molecule has 0 bridgehead atoms. The van der Waals surface area contributed by atoms with E-state index in [0.717, 1.165) is 31.1 Å². The highest BCUT2D eigenvalue weighted by molar-refractivity contribution is 7.84. The molecule has 1 fully saturated rings. The van der Waals surface area contributed by atoms with Crippen LogP contribution in [0.15, 0.2) is 48.1 Å². The second-order valence-electron chi connectivity index (χ2n) is 8.62. The zero-order valence-electron chi connectivity index (χ0n) is 20.4. The predicted molar refractivity (Wildman–Crippen MR) is 138 cm³/mol. The molecule has 2 atom stereocenters. The summed E-state index contributed by atoms with van der Waals surface area (Å²) in [5, 5.41) is 13.0. The van der Waals surface area contributed by atoms with Crippen molar-refractivity contribution in [3.8, 4) is 0 Å². The average Bonchev–Trinajstić information content (AvgIpc) is 2.82. The van der Waals surface area contributed by atoms with Crippen LogP contribution in [0.2, 0.25) is 0 Å². The summed E-state index contributed by atoms with van der Waals surface area (Å²) in [5.74, 6) is -1.94. The number of aromatic carboxylic acids is 1. The molecule has 35 heavy (non-hydrogen) atoms. The molecule has 1 heterocycles. The number of hydrogen-bond donors (Lipinski definition) is 2. The van der Waals surface area contributed by atoms with Crippen molar-refractivity contribution < 1.29 is 23.3 Å². The number of piperidine rings is 1. The lowest BCUT2D eigenvalue weighted by molar-refractivity contribution is 0.0692. The molecule has 0 amide bonds. The lowest BCUT2D eigenvalue weighted by Gasteiger charge is -2.36. The summed E-state index contributed by atoms with van der Waals surface area (Å²) in [6.07, 6.45) is 3.38. The average molecular weight is 503 g/mol. The zero-order chi connectivity index (χ0) is 25.7. The molecule has 1 aliphatic heterocycles. The molecule has 0 radical (unpaired) electrons. The molecule has 188 valence electrons. The van der Waals surface area contributed by atoms with Gasteiger partial charge in [0, 0.05) is 37.8 Å². The van der Waals surface area contributed by atoms with Crippen LogP contribution in [-0.2, 0) is 16.0 Å². The third-order valence-corrected chi connectivity index (χ3v) is 6.93. The molecule has 2 aromatic carbocycles. The summed E-state index contributed by atoms with van der Waals surface area (Å²) >= 11 is -1.43. The van der Waals surface area contributed by atoms with Gasteiger partial charge < -0.3 is 14.8 Å². The quantitative estimate of drug-likeness (QED) is 0.290. The standard InChI is InChI=1S/C25H31FN4O4S/c1-16-8-6-7-13-30(16)24-12-10-20(15-23(24)28-35(33)29(4)5)18(3)34-27-17(2)19-9-11-21(25(31)32)22(26)14-19/h9-12,14-16,28H,3,6-8,13H2,1-2,4-5H3,(H,31,32)/b27-17+. The number of benzene rings is 2. The Kier molecular flexibility index (Phi) is 8.63. The van der Waals surface area contributed by atoms with Crippen LogP contribution < -0.4 is 9.62 Å². The van der Waals surface area contributed by atoms with E-state index in [-0.39, 0.29) is 5.76 Å². The first-order chi connectivity index (χ1) is 16.6. The second-order valence-corrected chi connectivity index (χ2v) is 10.1. The van der Waals surface area contributed by atoms with Gasteiger partial charge in [0.25, 0.3) is 0 Å². The van der Waals surface area contributed by atoms with Crippen molar-refractivity contribution in [2.75, 3.05) is 30.3 Å². The smallest absolute Gasteiger partial charge is 0.338 e. The van der Waals surface area contributed by atoms with Crippen molar-refractivity contribution in [3.05, 3.63) is 65.5 Å². The van der Waals surface area contributed by atoms with E-state index in [1.807, 2.05) is 18.2 Å². The molecule has 2 unspecified atom stereocenters. The number of carboxylic acids is 1. The number of oxime groups is 1. The molecular formula is C25H31FN4O4S. The predicted octanol–water partition coefficient (Wildman–Crippen LogP) is 4.87. The Morgan fingerprint density at radius 2 is 1.97 bits per heavy atom. The van der Waals surface area contributed by atoms with Crippen LogP contribution >= 0.6 is 0 Å². The summed E-state index contributed by atoms with van der Waals surface area (Å²) in [6, 6.07) is 9.76. The topological polar surface area (TPSA) is 94.5 Å². The van der Waals surface area contributed by atoms with Crippen molar-refractivity contribution >= 4 is 40.0 Å². The molecule has 0 saturated carbocycles. The van der Waals surface area contributed by atoms with Gasteiger partial charge in [-0.2, -0.15) is 0 Å². The minimum absolute atomic E-state index is 0.254. The molecule has 2 aromatic rings. The minimum atomic E-state index is -1.43. The first-order valence-electron chi connectivity index (χ1n) is 11.3. The maximum Gasteiger partial charge on any atom is 0.338 e. The number of halogens is 1. The highest BCUT2D eigenvalue weighted by atomic mass is 32.2. The van der Waals surface area contributed by atoms with E-state index in [0.29, 0.717) is 28.6 Å². The number of carbonyl (C=O) groups is 1. The molecule has 3 rings (SSSR count). The van der Waals surface area contributed by atoms with E-state index in [4.69, 9.17) is 9.94 Å². The maximum absolute atomic E-state index is 14.0. The molecular weight excluding hydrogens is 471 g/mol. The summed E-state index contributed by atoms with van der Waals surface area (Å²) in [6.45, 7) is 8.68. The van der Waals surface area contributed by atoms with E-state index in [2.05, 4.69) is 28.3 Å². The largest absolute Gasteiger partial charge is 0.478 e. The fourth-order valence-electron chi connectivity index (χ4n) is 3.83. The number of nitrogens with zero attached hydrogens (tertiary/aromatic N) is 3. The van der Waals surface area contributed by atoms with Gasteiger partial charge in [0.15, 0.2) is 16.9 Å². The first kappa shape index (κ1) is 26.4. The van der Waals surface area contributed by atoms with Crippen molar-refractivity contribution in [2.24, 2.45) is 5.16 Å². The Morgan fingerprint density at radius 1 is 1.26 bits per heavy atom. The summed E-state index contributed by atoms with van der Waals surface area (Å²) in [7, 11) is 3.45. The SMILES string of the molecule is C=C(O/N=C(\C)c1ccc(C(=O)O)c(F)c1)c1ccc(N2CCCCC2C)c(NS(=O)N(C)C)c1. The summed E-state index contributed by atoms with van der Waals surface area (Å²) in [5.41, 5.74) is 2.62. The van der Waals surface area contributed by atoms with E-state index >= 15 is 0 Å². The Morgan fingerprint density at radius 3 is 2.60 bits per heavy atom. The minimum Gasteiger partial charge on any atom is -0.478 e. The molecule has 0 aromatic heterocycles. The summed E-state index contributed by atoms with van der Waals surface area (Å²) in [4.78, 5) is 18.8. The fourth-order valence-corrected chi connectivity index (χ4v) is 4.36. The molecule has 10 heteroatoms. The van der Waals surface area contributed by atoms with Gasteiger partial charge in [0.05, 0.1) is 22.6 Å². The normalized spacial score (nSPS) is 17.3. The van der Waals surface area contributed by atoms with E-state index < -0.39 is 28.5 Å². The lowest BCUT2D eigenvalue weighted by atomic mass is 10.0. The molecule has 8 nitrogen and oxygen atoms in total. The van der Waals surface area contributed by atoms with E-state index in [1.54, 1.807) is 25.3 Å². The molecule has 2 N–H and O–H groups in total. The van der Waals surface area contributed by atoms with Crippen LogP contribution in [0, 0.1) is 5.82 Å². The number of nitrogens with one attached hydrogen (secondary N) is 1. The van der Waals surface area contributed by atoms with Crippen LogP contribution in [0.4, 0.5) is 15.8 Å². The molecule has 0 aliphatic carbocycles. The van der Waals surface area contributed by atoms with E-state index in [9.17, 15) is 13.4 Å². The molecule has 1 saturated heterocycles. The molecule has 0 spiro atoms. The lowest BCUT2D eigenvalue weighted by Crippen LogP contribution is -2.38. The van der Waals surface area contributed by atoms with Crippen molar-refractivity contribution in [3.63, 3.8) is 0 Å². The first-order valence-corrected chi connectivity index (χ1v) is 12.4. The van der Waals surface area contributed by atoms with Gasteiger partial charge in [0.1, 0.15) is 5.82 Å². The van der Waals surface area contributed by atoms with Crippen molar-refractivity contribution in [2.45, 2.75) is 39.2 Å². The van der Waals surface area contributed by atoms with Crippen molar-refractivity contribution in [1.82, 2.24) is 4.31 Å². The number of carboxylic acid groups (broad SMARTS) is 1. The Hall–Kier alpha value is -3.24. The third-order valence-electron chi connectivity index (χ3n) is 5.87. The number of rotatable bonds is 9. The van der Waals surface area contributed by atoms with Gasteiger partial charge in [-0.15, -0.1) is 0 Å². The van der Waals surface area contributed by atoms with Crippen molar-refractivity contribution in [1.29, 1.82) is 0 Å². The Balaban J connectivity index is 1.84. The highest BCUT2D eigenvalue weighted by Crippen LogP contribution is 2.34. The van der Waals surface area contributed by atoms with Crippen LogP contribution in [0.25, 0.3) is 5.76 Å². The van der Waals surface area contributed by atoms with Gasteiger partial charge in [-0.05, 0) is 63.4 Å². The summed E-state index contributed by atoms with van der Waals surface area (Å²) < 4.78 is 31.2. The highest BCUT2D eigenvalue weighted by Gasteiger charge is 2.22. The zero-order valence-corrected chi connectivity index (χ0v) is 21.2. The van der Waals surface area contributed by atoms with Crippen LogP contribution in [-0.4, -0.2) is 52.0 Å². The van der Waals surface area contributed by atoms with Crippen LogP contribution in [0.5, 0.6) is 0 Å². The van der Waals surface area contributed by atoms with Crippen LogP contribution in [0.1, 0.15) is 54.6 Å². The Bertz CT molecular complexity index is 1170.